The smallest absolute Gasteiger partial charge is 0.263 e. The maximum Gasteiger partial charge on any atom is 0.263 e. The quantitative estimate of drug-likeness (QED) is 0.831. The second-order valence-corrected chi connectivity index (χ2v) is 9.30. The van der Waals surface area contributed by atoms with E-state index in [0.717, 1.165) is 5.56 Å². The van der Waals surface area contributed by atoms with E-state index in [4.69, 9.17) is 9.47 Å². The number of carbonyl (C=O) groups excluding carboxylic acids is 1. The topological polar surface area (TPSA) is 94.6 Å². The van der Waals surface area contributed by atoms with Crippen LogP contribution in [0.4, 0.5) is 0 Å². The van der Waals surface area contributed by atoms with Gasteiger partial charge in [0.15, 0.2) is 21.3 Å². The van der Waals surface area contributed by atoms with Crippen LogP contribution in [0, 0.1) is 6.92 Å². The number of ether oxygens (including phenoxy) is 2. The number of methoxy groups -OCH3 is 2. The van der Waals surface area contributed by atoms with Gasteiger partial charge in [0.2, 0.25) is 0 Å². The zero-order valence-corrected chi connectivity index (χ0v) is 16.4. The number of amides is 1. The molecule has 1 aromatic heterocycles. The van der Waals surface area contributed by atoms with Gasteiger partial charge in [-0.25, -0.2) is 13.4 Å². The number of nitrogens with one attached hydrogen (secondary N) is 1. The molecule has 0 unspecified atom stereocenters. The van der Waals surface area contributed by atoms with Crippen LogP contribution >= 0.6 is 11.3 Å². The van der Waals surface area contributed by atoms with E-state index >= 15 is 0 Å². The van der Waals surface area contributed by atoms with E-state index < -0.39 is 9.84 Å². The van der Waals surface area contributed by atoms with Crippen molar-refractivity contribution in [3.63, 3.8) is 0 Å². The van der Waals surface area contributed by atoms with Crippen LogP contribution in [0.25, 0.3) is 10.6 Å². The molecule has 1 N–H and O–H groups in total. The van der Waals surface area contributed by atoms with Crippen LogP contribution < -0.4 is 14.8 Å². The lowest BCUT2D eigenvalue weighted by Gasteiger charge is -2.09. The Hall–Kier alpha value is -2.13. The molecule has 1 aliphatic heterocycles. The van der Waals surface area contributed by atoms with Crippen molar-refractivity contribution in [2.24, 2.45) is 0 Å². The van der Waals surface area contributed by atoms with E-state index in [2.05, 4.69) is 10.3 Å². The summed E-state index contributed by atoms with van der Waals surface area (Å²) in [5.41, 5.74) is 1.43. The van der Waals surface area contributed by atoms with E-state index in [1.54, 1.807) is 27.2 Å². The van der Waals surface area contributed by atoms with Gasteiger partial charge in [-0.1, -0.05) is 0 Å². The Kier molecular flexibility index (Phi) is 5.19. The van der Waals surface area contributed by atoms with Crippen LogP contribution in [0.15, 0.2) is 18.2 Å². The minimum absolute atomic E-state index is 0.000866. The molecular weight excluding hydrogens is 376 g/mol. The summed E-state index contributed by atoms with van der Waals surface area (Å²) in [5, 5.41) is 3.49. The van der Waals surface area contributed by atoms with Crippen molar-refractivity contribution in [2.75, 3.05) is 25.7 Å². The van der Waals surface area contributed by atoms with Gasteiger partial charge in [-0.2, -0.15) is 0 Å². The lowest BCUT2D eigenvalue weighted by molar-refractivity contribution is 0.0944. The highest BCUT2D eigenvalue weighted by atomic mass is 32.2. The second-order valence-electron chi connectivity index (χ2n) is 6.08. The van der Waals surface area contributed by atoms with E-state index in [1.807, 2.05) is 12.1 Å². The van der Waals surface area contributed by atoms with Gasteiger partial charge < -0.3 is 14.8 Å². The van der Waals surface area contributed by atoms with E-state index in [0.29, 0.717) is 33.5 Å². The molecule has 26 heavy (non-hydrogen) atoms. The largest absolute Gasteiger partial charge is 0.493 e. The summed E-state index contributed by atoms with van der Waals surface area (Å²) in [6, 6.07) is 5.11. The Morgan fingerprint density at radius 3 is 2.62 bits per heavy atom. The number of aromatic nitrogens is 1. The number of nitrogens with zero attached hydrogens (tertiary/aromatic N) is 1. The number of rotatable bonds is 5. The van der Waals surface area contributed by atoms with Crippen LogP contribution in [-0.4, -0.2) is 51.1 Å². The Morgan fingerprint density at radius 2 is 2.00 bits per heavy atom. The number of hydrogen-bond donors (Lipinski definition) is 1. The molecule has 2 heterocycles. The lowest BCUT2D eigenvalue weighted by Crippen LogP contribution is -2.35. The molecule has 3 rings (SSSR count). The lowest BCUT2D eigenvalue weighted by atomic mass is 10.2. The zero-order valence-electron chi connectivity index (χ0n) is 14.7. The van der Waals surface area contributed by atoms with Crippen LogP contribution in [-0.2, 0) is 9.84 Å². The van der Waals surface area contributed by atoms with Gasteiger partial charge in [0.05, 0.1) is 31.4 Å². The molecule has 1 fully saturated rings. The molecule has 0 saturated carbocycles. The molecule has 0 bridgehead atoms. The Bertz CT molecular complexity index is 937. The van der Waals surface area contributed by atoms with Crippen molar-refractivity contribution in [3.05, 3.63) is 28.8 Å². The van der Waals surface area contributed by atoms with Crippen molar-refractivity contribution in [3.8, 4) is 22.1 Å². The van der Waals surface area contributed by atoms with Crippen molar-refractivity contribution in [1.82, 2.24) is 10.3 Å². The minimum Gasteiger partial charge on any atom is -0.493 e. The van der Waals surface area contributed by atoms with Crippen LogP contribution in [0.2, 0.25) is 0 Å². The molecule has 1 amide bonds. The fraction of sp³-hybridized carbons (Fsp3) is 0.412. The first-order chi connectivity index (χ1) is 12.3. The Morgan fingerprint density at radius 1 is 1.27 bits per heavy atom. The van der Waals surface area contributed by atoms with Gasteiger partial charge in [0, 0.05) is 11.6 Å². The normalized spacial score (nSPS) is 18.5. The first-order valence-corrected chi connectivity index (χ1v) is 10.7. The Labute approximate surface area is 156 Å². The number of thiazole rings is 1. The molecular formula is C17H20N2O5S2. The third-order valence-corrected chi connectivity index (χ3v) is 7.17. The zero-order chi connectivity index (χ0) is 18.9. The summed E-state index contributed by atoms with van der Waals surface area (Å²) in [5.74, 6) is 1.04. The SMILES string of the molecule is COc1ccc(-c2nc(C)c(C(=O)N[C@H]3CCS(=O)(=O)C3)s2)cc1OC. The van der Waals surface area contributed by atoms with Gasteiger partial charge in [-0.15, -0.1) is 11.3 Å². The number of sulfone groups is 1. The summed E-state index contributed by atoms with van der Waals surface area (Å²) < 4.78 is 33.6. The molecule has 7 nitrogen and oxygen atoms in total. The summed E-state index contributed by atoms with van der Waals surface area (Å²) in [4.78, 5) is 17.5. The molecule has 1 aromatic carbocycles. The summed E-state index contributed by atoms with van der Waals surface area (Å²) >= 11 is 1.27. The van der Waals surface area contributed by atoms with Crippen molar-refractivity contribution in [2.45, 2.75) is 19.4 Å². The van der Waals surface area contributed by atoms with Gasteiger partial charge in [0.25, 0.3) is 5.91 Å². The molecule has 1 aliphatic rings. The van der Waals surface area contributed by atoms with Gasteiger partial charge in [0.1, 0.15) is 9.88 Å². The van der Waals surface area contributed by atoms with Crippen LogP contribution in [0.1, 0.15) is 21.8 Å². The van der Waals surface area contributed by atoms with E-state index in [9.17, 15) is 13.2 Å². The average molecular weight is 396 g/mol. The highest BCUT2D eigenvalue weighted by Crippen LogP contribution is 2.35. The third kappa shape index (κ3) is 3.83. The number of hydrogen-bond acceptors (Lipinski definition) is 7. The van der Waals surface area contributed by atoms with Gasteiger partial charge in [-0.05, 0) is 31.5 Å². The number of carbonyl (C=O) groups is 1. The average Bonchev–Trinajstić information content (AvgIpc) is 3.16. The number of benzene rings is 1. The molecule has 1 atom stereocenters. The third-order valence-electron chi connectivity index (χ3n) is 4.20. The molecule has 9 heteroatoms. The first-order valence-electron chi connectivity index (χ1n) is 8.04. The first kappa shape index (κ1) is 18.7. The van der Waals surface area contributed by atoms with Crippen LogP contribution in [0.3, 0.4) is 0 Å². The Balaban J connectivity index is 1.82. The summed E-state index contributed by atoms with van der Waals surface area (Å²) in [6.45, 7) is 1.76. The molecule has 0 spiro atoms. The van der Waals surface area contributed by atoms with Crippen molar-refractivity contribution in [1.29, 1.82) is 0 Å². The van der Waals surface area contributed by atoms with Gasteiger partial charge >= 0.3 is 0 Å². The monoisotopic (exact) mass is 396 g/mol. The fourth-order valence-electron chi connectivity index (χ4n) is 2.86. The summed E-state index contributed by atoms with van der Waals surface area (Å²) in [6.07, 6.45) is 0.453. The highest BCUT2D eigenvalue weighted by Gasteiger charge is 2.30. The predicted molar refractivity (Wildman–Crippen MR) is 99.9 cm³/mol. The predicted octanol–water partition coefficient (Wildman–Crippen LogP) is 2.05. The number of aryl methyl sites for hydroxylation is 1. The maximum absolute atomic E-state index is 12.5. The summed E-state index contributed by atoms with van der Waals surface area (Å²) in [7, 11) is 0.0868. The van der Waals surface area contributed by atoms with Crippen molar-refractivity contribution >= 4 is 27.1 Å². The maximum atomic E-state index is 12.5. The standard InChI is InChI=1S/C17H20N2O5S2/c1-10-15(16(20)19-12-6-7-26(21,22)9-12)25-17(18-10)11-4-5-13(23-2)14(8-11)24-3/h4-5,8,12H,6-7,9H2,1-3H3,(H,19,20)/t12-/m0/s1. The minimum atomic E-state index is -3.04. The van der Waals surface area contributed by atoms with Crippen molar-refractivity contribution < 1.29 is 22.7 Å². The molecule has 0 aliphatic carbocycles. The van der Waals surface area contributed by atoms with Gasteiger partial charge in [-0.3, -0.25) is 4.79 Å². The highest BCUT2D eigenvalue weighted by molar-refractivity contribution is 7.91. The molecule has 0 radical (unpaired) electrons. The van der Waals surface area contributed by atoms with E-state index in [1.165, 1.54) is 11.3 Å². The van der Waals surface area contributed by atoms with E-state index in [-0.39, 0.29) is 23.5 Å². The molecule has 2 aromatic rings. The molecule has 140 valence electrons. The van der Waals surface area contributed by atoms with Crippen LogP contribution in [0.5, 0.6) is 11.5 Å². The molecule has 1 saturated heterocycles. The second kappa shape index (κ2) is 7.24. The fourth-order valence-corrected chi connectivity index (χ4v) is 5.50.